The summed E-state index contributed by atoms with van der Waals surface area (Å²) in [6.45, 7) is 0. The highest BCUT2D eigenvalue weighted by Gasteiger charge is 2.19. The molecule has 1 aromatic heterocycles. The smallest absolute Gasteiger partial charge is 0.307 e. The lowest BCUT2D eigenvalue weighted by Crippen LogP contribution is -2.07. The van der Waals surface area contributed by atoms with E-state index >= 15 is 0 Å². The predicted molar refractivity (Wildman–Crippen MR) is 50.3 cm³/mol. The first-order valence-corrected chi connectivity index (χ1v) is 4.43. The van der Waals surface area contributed by atoms with Gasteiger partial charge in [-0.05, 0) is 11.6 Å². The number of carbonyl (C=O) groups is 1. The van der Waals surface area contributed by atoms with E-state index in [1.807, 2.05) is 0 Å². The van der Waals surface area contributed by atoms with Crippen molar-refractivity contribution in [3.05, 3.63) is 28.0 Å². The molecule has 0 radical (unpaired) electrons. The number of alkyl halides is 2. The molecule has 4 nitrogen and oxygen atoms in total. The summed E-state index contributed by atoms with van der Waals surface area (Å²) in [5, 5.41) is 16.9. The lowest BCUT2D eigenvalue weighted by atomic mass is 10.1. The summed E-state index contributed by atoms with van der Waals surface area (Å²) in [6.07, 6.45) is -3.56. The minimum absolute atomic E-state index is 0.136. The minimum atomic E-state index is -2.95. The average molecular weight is 247 g/mol. The van der Waals surface area contributed by atoms with Crippen LogP contribution in [-0.4, -0.2) is 16.1 Å². The summed E-state index contributed by atoms with van der Waals surface area (Å²) in [5.41, 5.74) is -1.25. The zero-order valence-corrected chi connectivity index (χ0v) is 8.50. The molecular formula is C9H5ClF2N2O2. The molecule has 0 atom stereocenters. The van der Waals surface area contributed by atoms with Gasteiger partial charge in [0.05, 0.1) is 11.4 Å². The van der Waals surface area contributed by atoms with Crippen LogP contribution in [0.5, 0.6) is 0 Å². The molecule has 0 saturated heterocycles. The van der Waals surface area contributed by atoms with Crippen molar-refractivity contribution in [1.82, 2.24) is 4.98 Å². The van der Waals surface area contributed by atoms with Gasteiger partial charge >= 0.3 is 5.97 Å². The Morgan fingerprint density at radius 1 is 1.69 bits per heavy atom. The Labute approximate surface area is 94.1 Å². The van der Waals surface area contributed by atoms with E-state index < -0.39 is 24.5 Å². The Morgan fingerprint density at radius 2 is 2.31 bits per heavy atom. The van der Waals surface area contributed by atoms with Gasteiger partial charge in [0.25, 0.3) is 6.43 Å². The summed E-state index contributed by atoms with van der Waals surface area (Å²) in [5.74, 6) is -1.27. The normalized spacial score (nSPS) is 10.2. The molecule has 0 bridgehead atoms. The molecular weight excluding hydrogens is 242 g/mol. The number of nitriles is 1. The zero-order chi connectivity index (χ0) is 12.3. The maximum atomic E-state index is 12.5. The van der Waals surface area contributed by atoms with E-state index in [-0.39, 0.29) is 16.3 Å². The first kappa shape index (κ1) is 12.3. The number of halogens is 3. The fourth-order valence-corrected chi connectivity index (χ4v) is 1.33. The van der Waals surface area contributed by atoms with Crippen LogP contribution in [-0.2, 0) is 11.2 Å². The number of rotatable bonds is 3. The Hall–Kier alpha value is -1.74. The average Bonchev–Trinajstić information content (AvgIpc) is 2.16. The number of aromatic nitrogens is 1. The van der Waals surface area contributed by atoms with Crippen LogP contribution in [0.2, 0.25) is 5.02 Å². The van der Waals surface area contributed by atoms with E-state index in [1.54, 1.807) is 6.07 Å². The summed E-state index contributed by atoms with van der Waals surface area (Å²) in [7, 11) is 0. The zero-order valence-electron chi connectivity index (χ0n) is 7.75. The number of hydrogen-bond donors (Lipinski definition) is 1. The Bertz CT molecular complexity index is 471. The van der Waals surface area contributed by atoms with Crippen LogP contribution in [0.25, 0.3) is 0 Å². The monoisotopic (exact) mass is 246 g/mol. The van der Waals surface area contributed by atoms with Gasteiger partial charge in [-0.1, -0.05) is 11.6 Å². The molecule has 0 aliphatic rings. The molecule has 0 unspecified atom stereocenters. The van der Waals surface area contributed by atoms with Crippen molar-refractivity contribution in [2.24, 2.45) is 0 Å². The van der Waals surface area contributed by atoms with E-state index in [1.165, 1.54) is 0 Å². The van der Waals surface area contributed by atoms with Gasteiger partial charge in [0.1, 0.15) is 11.8 Å². The molecule has 0 aliphatic heterocycles. The van der Waals surface area contributed by atoms with Crippen LogP contribution in [0.3, 0.4) is 0 Å². The third kappa shape index (κ3) is 2.64. The number of aliphatic carboxylic acids is 1. The van der Waals surface area contributed by atoms with Gasteiger partial charge < -0.3 is 5.11 Å². The Morgan fingerprint density at radius 3 is 2.75 bits per heavy atom. The maximum absolute atomic E-state index is 12.5. The minimum Gasteiger partial charge on any atom is -0.481 e. The van der Waals surface area contributed by atoms with E-state index in [9.17, 15) is 13.6 Å². The van der Waals surface area contributed by atoms with Gasteiger partial charge in [-0.15, -0.1) is 0 Å². The van der Waals surface area contributed by atoms with Crippen molar-refractivity contribution in [1.29, 1.82) is 5.26 Å². The van der Waals surface area contributed by atoms with Crippen LogP contribution >= 0.6 is 11.6 Å². The SMILES string of the molecule is N#Cc1nc(C(F)F)c(CC(=O)O)cc1Cl. The molecule has 0 spiro atoms. The van der Waals surface area contributed by atoms with E-state index in [0.29, 0.717) is 0 Å². The summed E-state index contributed by atoms with van der Waals surface area (Å²) in [4.78, 5) is 13.8. The van der Waals surface area contributed by atoms with Gasteiger partial charge in [0.15, 0.2) is 5.69 Å². The second-order valence-corrected chi connectivity index (χ2v) is 3.25. The molecule has 84 valence electrons. The van der Waals surface area contributed by atoms with Gasteiger partial charge in [-0.25, -0.2) is 13.8 Å². The van der Waals surface area contributed by atoms with Gasteiger partial charge in [0, 0.05) is 0 Å². The van der Waals surface area contributed by atoms with Crippen LogP contribution in [0.1, 0.15) is 23.4 Å². The van der Waals surface area contributed by atoms with Crippen LogP contribution in [0.4, 0.5) is 8.78 Å². The second kappa shape index (κ2) is 4.86. The molecule has 1 N–H and O–H groups in total. The Kier molecular flexibility index (Phi) is 3.74. The first-order valence-electron chi connectivity index (χ1n) is 4.05. The molecule has 1 heterocycles. The molecule has 1 aromatic rings. The largest absolute Gasteiger partial charge is 0.481 e. The predicted octanol–water partition coefficient (Wildman–Crippen LogP) is 2.17. The van der Waals surface area contributed by atoms with Crippen molar-refractivity contribution in [3.8, 4) is 6.07 Å². The molecule has 0 aliphatic carbocycles. The fraction of sp³-hybridized carbons (Fsp3) is 0.222. The number of pyridine rings is 1. The lowest BCUT2D eigenvalue weighted by Gasteiger charge is -2.07. The second-order valence-electron chi connectivity index (χ2n) is 2.85. The fourth-order valence-electron chi connectivity index (χ4n) is 1.11. The molecule has 0 amide bonds. The molecule has 0 fully saturated rings. The molecule has 16 heavy (non-hydrogen) atoms. The molecule has 1 rings (SSSR count). The molecule has 7 heteroatoms. The number of carboxylic acids is 1. The van der Waals surface area contributed by atoms with E-state index in [4.69, 9.17) is 22.0 Å². The number of hydrogen-bond acceptors (Lipinski definition) is 3. The third-order valence-corrected chi connectivity index (χ3v) is 2.03. The van der Waals surface area contributed by atoms with Crippen molar-refractivity contribution >= 4 is 17.6 Å². The standard InChI is InChI=1S/C9H5ClF2N2O2/c10-5-1-4(2-7(15)16)8(9(11)12)14-6(5)3-13/h1,9H,2H2,(H,15,16). The number of carboxylic acid groups (broad SMARTS) is 1. The molecule has 0 aromatic carbocycles. The summed E-state index contributed by atoms with van der Waals surface area (Å²) >= 11 is 5.57. The van der Waals surface area contributed by atoms with Crippen LogP contribution < -0.4 is 0 Å². The quantitative estimate of drug-likeness (QED) is 0.887. The van der Waals surface area contributed by atoms with E-state index in [2.05, 4.69) is 4.98 Å². The topological polar surface area (TPSA) is 74.0 Å². The molecule has 0 saturated carbocycles. The Balaban J connectivity index is 3.31. The summed E-state index contributed by atoms with van der Waals surface area (Å²) in [6, 6.07) is 2.58. The third-order valence-electron chi connectivity index (χ3n) is 1.74. The van der Waals surface area contributed by atoms with Gasteiger partial charge in [0.2, 0.25) is 0 Å². The maximum Gasteiger partial charge on any atom is 0.307 e. The first-order chi connectivity index (χ1) is 7.45. The van der Waals surface area contributed by atoms with Crippen molar-refractivity contribution in [3.63, 3.8) is 0 Å². The van der Waals surface area contributed by atoms with Gasteiger partial charge in [-0.3, -0.25) is 4.79 Å². The van der Waals surface area contributed by atoms with Crippen LogP contribution in [0.15, 0.2) is 6.07 Å². The van der Waals surface area contributed by atoms with Gasteiger partial charge in [-0.2, -0.15) is 5.26 Å². The van der Waals surface area contributed by atoms with Crippen molar-refractivity contribution in [2.75, 3.05) is 0 Å². The lowest BCUT2D eigenvalue weighted by molar-refractivity contribution is -0.136. The van der Waals surface area contributed by atoms with E-state index in [0.717, 1.165) is 6.07 Å². The van der Waals surface area contributed by atoms with Crippen molar-refractivity contribution < 1.29 is 18.7 Å². The highest BCUT2D eigenvalue weighted by molar-refractivity contribution is 6.31. The summed E-state index contributed by atoms with van der Waals surface area (Å²) < 4.78 is 25.0. The van der Waals surface area contributed by atoms with Crippen molar-refractivity contribution in [2.45, 2.75) is 12.8 Å². The number of nitrogens with zero attached hydrogens (tertiary/aromatic N) is 2. The highest BCUT2D eigenvalue weighted by atomic mass is 35.5. The highest BCUT2D eigenvalue weighted by Crippen LogP contribution is 2.25. The van der Waals surface area contributed by atoms with Crippen LogP contribution in [0, 0.1) is 11.3 Å².